The van der Waals surface area contributed by atoms with Gasteiger partial charge in [0.2, 0.25) is 0 Å². The van der Waals surface area contributed by atoms with Crippen molar-refractivity contribution >= 4 is 10.8 Å². The predicted molar refractivity (Wildman–Crippen MR) is 86.2 cm³/mol. The molecule has 0 amide bonds. The summed E-state index contributed by atoms with van der Waals surface area (Å²) in [7, 11) is 2.03. The minimum Gasteiger partial charge on any atom is -0.488 e. The number of ether oxygens (including phenoxy) is 1. The molecule has 112 valence electrons. The standard InChI is InChI=1S/C19H18FNO/c1-21-12-17-16-8-4-2-6-14(16)10-11-19(17)22-13-15-7-3-5-9-18(15)20/h2-11,21H,12-13H2,1H3/p+1. The van der Waals surface area contributed by atoms with Gasteiger partial charge in [-0.3, -0.25) is 0 Å². The van der Waals surface area contributed by atoms with Crippen LogP contribution in [0.4, 0.5) is 4.39 Å². The van der Waals surface area contributed by atoms with Gasteiger partial charge in [-0.1, -0.05) is 48.5 Å². The fourth-order valence-corrected chi connectivity index (χ4v) is 2.64. The van der Waals surface area contributed by atoms with Crippen LogP contribution < -0.4 is 10.1 Å². The van der Waals surface area contributed by atoms with E-state index in [-0.39, 0.29) is 12.4 Å². The van der Waals surface area contributed by atoms with Crippen molar-refractivity contribution in [2.24, 2.45) is 0 Å². The predicted octanol–water partition coefficient (Wildman–Crippen LogP) is 3.25. The van der Waals surface area contributed by atoms with Gasteiger partial charge in [-0.05, 0) is 22.9 Å². The average Bonchev–Trinajstić information content (AvgIpc) is 2.55. The Kier molecular flexibility index (Phi) is 4.35. The van der Waals surface area contributed by atoms with Gasteiger partial charge in [-0.25, -0.2) is 4.39 Å². The van der Waals surface area contributed by atoms with Crippen molar-refractivity contribution in [3.8, 4) is 5.75 Å². The van der Waals surface area contributed by atoms with E-state index in [0.29, 0.717) is 5.56 Å². The second-order valence-electron chi connectivity index (χ2n) is 5.26. The maximum absolute atomic E-state index is 13.7. The summed E-state index contributed by atoms with van der Waals surface area (Å²) >= 11 is 0. The van der Waals surface area contributed by atoms with Crippen molar-refractivity contribution in [3.63, 3.8) is 0 Å². The molecule has 0 aromatic heterocycles. The first-order valence-electron chi connectivity index (χ1n) is 7.44. The Bertz CT molecular complexity index is 785. The molecule has 0 aliphatic carbocycles. The summed E-state index contributed by atoms with van der Waals surface area (Å²) in [5.74, 6) is 0.590. The maximum Gasteiger partial charge on any atom is 0.129 e. The highest BCUT2D eigenvalue weighted by Crippen LogP contribution is 2.28. The molecule has 0 spiro atoms. The van der Waals surface area contributed by atoms with Crippen molar-refractivity contribution in [3.05, 3.63) is 77.6 Å². The topological polar surface area (TPSA) is 25.8 Å². The first-order valence-corrected chi connectivity index (χ1v) is 7.44. The van der Waals surface area contributed by atoms with Gasteiger partial charge in [0.25, 0.3) is 0 Å². The minimum atomic E-state index is -0.230. The molecule has 0 radical (unpaired) electrons. The quantitative estimate of drug-likeness (QED) is 0.768. The molecule has 22 heavy (non-hydrogen) atoms. The van der Waals surface area contributed by atoms with Gasteiger partial charge in [0, 0.05) is 5.56 Å². The number of halogens is 1. The molecule has 3 rings (SSSR count). The fraction of sp³-hybridized carbons (Fsp3) is 0.158. The Morgan fingerprint density at radius 3 is 2.55 bits per heavy atom. The van der Waals surface area contributed by atoms with Crippen LogP contribution in [0.25, 0.3) is 10.8 Å². The normalized spacial score (nSPS) is 10.8. The molecule has 3 heteroatoms. The fourth-order valence-electron chi connectivity index (χ4n) is 2.64. The first-order chi connectivity index (χ1) is 10.8. The van der Waals surface area contributed by atoms with Gasteiger partial charge in [-0.2, -0.15) is 0 Å². The Hall–Kier alpha value is -2.39. The number of rotatable bonds is 5. The lowest BCUT2D eigenvalue weighted by atomic mass is 10.0. The Morgan fingerprint density at radius 2 is 1.73 bits per heavy atom. The third-order valence-corrected chi connectivity index (χ3v) is 3.75. The zero-order valence-corrected chi connectivity index (χ0v) is 12.6. The van der Waals surface area contributed by atoms with Crippen molar-refractivity contribution in [2.45, 2.75) is 13.2 Å². The lowest BCUT2D eigenvalue weighted by Crippen LogP contribution is -2.77. The molecule has 0 aliphatic rings. The molecule has 0 saturated carbocycles. The second kappa shape index (κ2) is 6.58. The van der Waals surface area contributed by atoms with Crippen molar-refractivity contribution in [1.29, 1.82) is 0 Å². The third-order valence-electron chi connectivity index (χ3n) is 3.75. The molecule has 2 nitrogen and oxygen atoms in total. The van der Waals surface area contributed by atoms with Crippen LogP contribution in [0.15, 0.2) is 60.7 Å². The highest BCUT2D eigenvalue weighted by atomic mass is 19.1. The molecule has 3 aromatic carbocycles. The van der Waals surface area contributed by atoms with Crippen LogP contribution in [0.1, 0.15) is 11.1 Å². The summed E-state index contributed by atoms with van der Waals surface area (Å²) in [4.78, 5) is 0. The van der Waals surface area contributed by atoms with Crippen molar-refractivity contribution in [2.75, 3.05) is 7.05 Å². The molecule has 0 heterocycles. The van der Waals surface area contributed by atoms with E-state index >= 15 is 0 Å². The molecule has 0 saturated heterocycles. The van der Waals surface area contributed by atoms with Gasteiger partial charge in [-0.15, -0.1) is 0 Å². The molecular formula is C19H19FNO+. The molecule has 3 aromatic rings. The summed E-state index contributed by atoms with van der Waals surface area (Å²) in [6.45, 7) is 1.07. The average molecular weight is 296 g/mol. The van der Waals surface area contributed by atoms with Gasteiger partial charge in [0.1, 0.15) is 24.7 Å². The summed E-state index contributed by atoms with van der Waals surface area (Å²) in [6, 6.07) is 19.0. The SMILES string of the molecule is C[NH2+]Cc1c(OCc2ccccc2F)ccc2ccccc12. The summed E-state index contributed by atoms with van der Waals surface area (Å²) in [5, 5.41) is 4.49. The minimum absolute atomic E-state index is 0.230. The zero-order valence-electron chi connectivity index (χ0n) is 12.6. The largest absolute Gasteiger partial charge is 0.488 e. The molecule has 0 aliphatic heterocycles. The number of nitrogens with two attached hydrogens (primary N) is 1. The highest BCUT2D eigenvalue weighted by Gasteiger charge is 2.11. The molecule has 0 atom stereocenters. The van der Waals surface area contributed by atoms with Crippen molar-refractivity contribution < 1.29 is 14.4 Å². The van der Waals surface area contributed by atoms with E-state index < -0.39 is 0 Å². The Morgan fingerprint density at radius 1 is 0.955 bits per heavy atom. The highest BCUT2D eigenvalue weighted by molar-refractivity contribution is 5.87. The van der Waals surface area contributed by atoms with E-state index in [9.17, 15) is 4.39 Å². The number of hydrogen-bond donors (Lipinski definition) is 1. The van der Waals surface area contributed by atoms with E-state index in [1.807, 2.05) is 37.4 Å². The van der Waals surface area contributed by atoms with Gasteiger partial charge in [0.05, 0.1) is 12.6 Å². The van der Waals surface area contributed by atoms with Gasteiger partial charge < -0.3 is 10.1 Å². The third kappa shape index (κ3) is 2.95. The Balaban J connectivity index is 1.93. The monoisotopic (exact) mass is 296 g/mol. The van der Waals surface area contributed by atoms with Crippen LogP contribution in [0.5, 0.6) is 5.75 Å². The van der Waals surface area contributed by atoms with Crippen LogP contribution in [0.3, 0.4) is 0 Å². The molecular weight excluding hydrogens is 277 g/mol. The van der Waals surface area contributed by atoms with E-state index in [1.165, 1.54) is 16.8 Å². The van der Waals surface area contributed by atoms with Crippen LogP contribution in [-0.2, 0) is 13.2 Å². The van der Waals surface area contributed by atoms with Crippen LogP contribution >= 0.6 is 0 Å². The summed E-state index contributed by atoms with van der Waals surface area (Å²) < 4.78 is 19.6. The summed E-state index contributed by atoms with van der Waals surface area (Å²) in [5.41, 5.74) is 1.72. The lowest BCUT2D eigenvalue weighted by molar-refractivity contribution is -0.643. The first kappa shape index (κ1) is 14.5. The molecule has 0 bridgehead atoms. The summed E-state index contributed by atoms with van der Waals surface area (Å²) in [6.07, 6.45) is 0. The number of hydrogen-bond acceptors (Lipinski definition) is 1. The van der Waals surface area contributed by atoms with E-state index in [0.717, 1.165) is 17.9 Å². The number of quaternary nitrogens is 1. The van der Waals surface area contributed by atoms with Gasteiger partial charge in [0.15, 0.2) is 0 Å². The second-order valence-corrected chi connectivity index (χ2v) is 5.26. The Labute approximate surface area is 129 Å². The molecule has 0 unspecified atom stereocenters. The lowest BCUT2D eigenvalue weighted by Gasteiger charge is -2.13. The van der Waals surface area contributed by atoms with Gasteiger partial charge >= 0.3 is 0 Å². The zero-order chi connectivity index (χ0) is 15.4. The smallest absolute Gasteiger partial charge is 0.129 e. The van der Waals surface area contributed by atoms with Crippen LogP contribution in [0.2, 0.25) is 0 Å². The van der Waals surface area contributed by atoms with E-state index in [2.05, 4.69) is 17.4 Å². The van der Waals surface area contributed by atoms with E-state index in [1.54, 1.807) is 12.1 Å². The van der Waals surface area contributed by atoms with Crippen molar-refractivity contribution in [1.82, 2.24) is 0 Å². The molecule has 2 N–H and O–H groups in total. The van der Waals surface area contributed by atoms with E-state index in [4.69, 9.17) is 4.74 Å². The number of fused-ring (bicyclic) bond motifs is 1. The molecule has 0 fully saturated rings. The van der Waals surface area contributed by atoms with Crippen LogP contribution in [-0.4, -0.2) is 7.05 Å². The van der Waals surface area contributed by atoms with Crippen LogP contribution in [0, 0.1) is 5.82 Å². The number of benzene rings is 3. The maximum atomic E-state index is 13.7.